The molecule has 8 heteroatoms. The van der Waals surface area contributed by atoms with E-state index in [1.54, 1.807) is 0 Å². The fourth-order valence-corrected chi connectivity index (χ4v) is 4.46. The van der Waals surface area contributed by atoms with Gasteiger partial charge in [0.1, 0.15) is 22.5 Å². The molecule has 0 spiro atoms. The Bertz CT molecular complexity index is 1420. The molecule has 2 aromatic carbocycles. The predicted octanol–water partition coefficient (Wildman–Crippen LogP) is 8.00. The number of benzene rings is 2. The summed E-state index contributed by atoms with van der Waals surface area (Å²) in [6.07, 6.45) is 20.5. The molecule has 0 radical (unpaired) electrons. The van der Waals surface area contributed by atoms with E-state index in [4.69, 9.17) is 9.15 Å². The zero-order chi connectivity index (χ0) is 29.6. The molecule has 0 atom stereocenters. The number of phenols is 4. The quantitative estimate of drug-likeness (QED) is 0.0594. The summed E-state index contributed by atoms with van der Waals surface area (Å²) in [5.74, 6) is -2.97. The molecule has 0 saturated carbocycles. The lowest BCUT2D eigenvalue weighted by Gasteiger charge is -2.12. The van der Waals surface area contributed by atoms with E-state index in [0.29, 0.717) is 6.42 Å². The number of aromatic hydroxyl groups is 4. The number of phenolic OH excluding ortho intramolecular Hbond substituents is 4. The Kier molecular flexibility index (Phi) is 12.3. The summed E-state index contributed by atoms with van der Waals surface area (Å²) >= 11 is 0. The minimum atomic E-state index is -0.806. The number of carbonyl (C=O) groups excluding carboxylic acids is 1. The van der Waals surface area contributed by atoms with Crippen LogP contribution in [0.15, 0.2) is 63.8 Å². The lowest BCUT2D eigenvalue weighted by molar-refractivity contribution is -0.134. The third-order valence-electron chi connectivity index (χ3n) is 6.70. The van der Waals surface area contributed by atoms with Gasteiger partial charge in [-0.25, -0.2) is 0 Å². The van der Waals surface area contributed by atoms with Crippen molar-refractivity contribution in [1.82, 2.24) is 0 Å². The first kappa shape index (κ1) is 31.3. The normalized spacial score (nSPS) is 11.6. The number of unbranched alkanes of at least 4 members (excludes halogenated alkanes) is 8. The minimum Gasteiger partial charge on any atom is -0.508 e. The summed E-state index contributed by atoms with van der Waals surface area (Å²) in [5.41, 5.74) is -0.787. The molecule has 0 fully saturated rings. The second-order valence-corrected chi connectivity index (χ2v) is 10.1. The fourth-order valence-electron chi connectivity index (χ4n) is 4.46. The third-order valence-corrected chi connectivity index (χ3v) is 6.70. The van der Waals surface area contributed by atoms with E-state index in [1.165, 1.54) is 31.4 Å². The highest BCUT2D eigenvalue weighted by molar-refractivity contribution is 5.89. The minimum absolute atomic E-state index is 0.0871. The zero-order valence-corrected chi connectivity index (χ0v) is 23.6. The lowest BCUT2D eigenvalue weighted by Crippen LogP contribution is -2.16. The molecule has 3 aromatic rings. The summed E-state index contributed by atoms with van der Waals surface area (Å²) < 4.78 is 11.2. The molecule has 1 aromatic heterocycles. The zero-order valence-electron chi connectivity index (χ0n) is 23.6. The number of rotatable bonds is 16. The van der Waals surface area contributed by atoms with Gasteiger partial charge in [-0.2, -0.15) is 0 Å². The molecule has 0 saturated heterocycles. The van der Waals surface area contributed by atoms with E-state index in [0.717, 1.165) is 63.1 Å². The van der Waals surface area contributed by atoms with Gasteiger partial charge in [-0.3, -0.25) is 9.59 Å². The Balaban J connectivity index is 1.53. The molecule has 220 valence electrons. The molecule has 0 unspecified atom stereocenters. The molecule has 0 bridgehead atoms. The molecule has 0 amide bonds. The van der Waals surface area contributed by atoms with Crippen LogP contribution < -0.4 is 10.2 Å². The highest BCUT2D eigenvalue weighted by Crippen LogP contribution is 2.38. The Hall–Kier alpha value is -4.20. The van der Waals surface area contributed by atoms with Gasteiger partial charge < -0.3 is 29.6 Å². The van der Waals surface area contributed by atoms with Crippen molar-refractivity contribution < 1.29 is 34.4 Å². The van der Waals surface area contributed by atoms with Crippen molar-refractivity contribution in [2.75, 3.05) is 0 Å². The van der Waals surface area contributed by atoms with Crippen molar-refractivity contribution in [1.29, 1.82) is 0 Å². The van der Waals surface area contributed by atoms with Gasteiger partial charge >= 0.3 is 5.97 Å². The second-order valence-electron chi connectivity index (χ2n) is 10.1. The van der Waals surface area contributed by atoms with Crippen LogP contribution in [-0.2, 0) is 4.79 Å². The van der Waals surface area contributed by atoms with Crippen LogP contribution in [0.5, 0.6) is 28.7 Å². The van der Waals surface area contributed by atoms with E-state index < -0.39 is 28.6 Å². The van der Waals surface area contributed by atoms with Crippen molar-refractivity contribution in [3.8, 4) is 40.1 Å². The number of hydrogen-bond acceptors (Lipinski definition) is 8. The summed E-state index contributed by atoms with van der Waals surface area (Å²) in [5, 5.41) is 39.4. The molecule has 41 heavy (non-hydrogen) atoms. The van der Waals surface area contributed by atoms with Crippen LogP contribution in [-0.4, -0.2) is 26.4 Å². The summed E-state index contributed by atoms with van der Waals surface area (Å²) in [7, 11) is 0. The maximum atomic E-state index is 13.3. The van der Waals surface area contributed by atoms with E-state index >= 15 is 0 Å². The molecule has 4 N–H and O–H groups in total. The smallest absolute Gasteiger partial charge is 0.311 e. The van der Waals surface area contributed by atoms with Gasteiger partial charge in [0.2, 0.25) is 11.2 Å². The standard InChI is InChI=1S/C33H40O8/c1-2-3-4-5-6-7-8-9-10-11-12-13-14-15-16-17-29(38)41-33-31(39)30-27(37)21-24(34)22-28(30)40-32(33)23-18-19-25(35)26(36)20-23/h6-7,9-10,18-22,34-37H,2-5,8,11-17H2,1H3/b7-6-,10-9-. The molecule has 1 heterocycles. The third kappa shape index (κ3) is 9.45. The monoisotopic (exact) mass is 564 g/mol. The predicted molar refractivity (Wildman–Crippen MR) is 160 cm³/mol. The maximum Gasteiger partial charge on any atom is 0.311 e. The van der Waals surface area contributed by atoms with Gasteiger partial charge in [0.15, 0.2) is 17.3 Å². The van der Waals surface area contributed by atoms with Crippen LogP contribution in [0.25, 0.3) is 22.3 Å². The average molecular weight is 565 g/mol. The Labute approximate surface area is 240 Å². The van der Waals surface area contributed by atoms with E-state index in [2.05, 4.69) is 31.2 Å². The molecule has 3 rings (SSSR count). The number of carbonyl (C=O) groups is 1. The molecule has 0 aliphatic carbocycles. The lowest BCUT2D eigenvalue weighted by atomic mass is 10.1. The van der Waals surface area contributed by atoms with Crippen LogP contribution in [0.4, 0.5) is 0 Å². The SMILES string of the molecule is CCCCC/C=C\C/C=C\CCCCCCCC(=O)Oc1c(-c2ccc(O)c(O)c2)oc2cc(O)cc(O)c2c1=O. The van der Waals surface area contributed by atoms with E-state index in [9.17, 15) is 30.0 Å². The number of fused-ring (bicyclic) bond motifs is 1. The highest BCUT2D eigenvalue weighted by Gasteiger charge is 2.23. The number of hydrogen-bond donors (Lipinski definition) is 4. The van der Waals surface area contributed by atoms with Gasteiger partial charge in [-0.1, -0.05) is 63.3 Å². The first-order valence-corrected chi connectivity index (χ1v) is 14.4. The first-order valence-electron chi connectivity index (χ1n) is 14.4. The highest BCUT2D eigenvalue weighted by atomic mass is 16.5. The Morgan fingerprint density at radius 1 is 0.805 bits per heavy atom. The largest absolute Gasteiger partial charge is 0.508 e. The van der Waals surface area contributed by atoms with Crippen molar-refractivity contribution in [2.24, 2.45) is 0 Å². The second kappa shape index (κ2) is 16.2. The number of esters is 1. The fraction of sp³-hybridized carbons (Fsp3) is 0.394. The van der Waals surface area contributed by atoms with Crippen molar-refractivity contribution in [3.63, 3.8) is 0 Å². The van der Waals surface area contributed by atoms with Gasteiger partial charge in [-0.15, -0.1) is 0 Å². The van der Waals surface area contributed by atoms with Crippen molar-refractivity contribution in [2.45, 2.75) is 84.0 Å². The van der Waals surface area contributed by atoms with Crippen LogP contribution >= 0.6 is 0 Å². The molecular weight excluding hydrogens is 524 g/mol. The van der Waals surface area contributed by atoms with E-state index in [1.807, 2.05) is 0 Å². The number of allylic oxidation sites excluding steroid dienone is 4. The molecule has 8 nitrogen and oxygen atoms in total. The van der Waals surface area contributed by atoms with Crippen molar-refractivity contribution >= 4 is 16.9 Å². The van der Waals surface area contributed by atoms with Gasteiger partial charge in [-0.05, 0) is 56.7 Å². The average Bonchev–Trinajstić information content (AvgIpc) is 2.93. The summed E-state index contributed by atoms with van der Waals surface area (Å²) in [6.45, 7) is 2.21. The molecule has 0 aliphatic heterocycles. The summed E-state index contributed by atoms with van der Waals surface area (Å²) in [6, 6.07) is 5.86. The topological polar surface area (TPSA) is 137 Å². The van der Waals surface area contributed by atoms with Crippen LogP contribution in [0.3, 0.4) is 0 Å². The van der Waals surface area contributed by atoms with Crippen LogP contribution in [0.1, 0.15) is 84.0 Å². The first-order chi connectivity index (χ1) is 19.8. The number of ether oxygens (including phenoxy) is 1. The summed E-state index contributed by atoms with van der Waals surface area (Å²) in [4.78, 5) is 25.9. The van der Waals surface area contributed by atoms with Crippen LogP contribution in [0, 0.1) is 0 Å². The van der Waals surface area contributed by atoms with E-state index in [-0.39, 0.29) is 40.2 Å². The van der Waals surface area contributed by atoms with Crippen LogP contribution in [0.2, 0.25) is 0 Å². The Morgan fingerprint density at radius 3 is 2.20 bits per heavy atom. The molecule has 0 aliphatic rings. The van der Waals surface area contributed by atoms with Gasteiger partial charge in [0, 0.05) is 24.1 Å². The Morgan fingerprint density at radius 2 is 1.49 bits per heavy atom. The van der Waals surface area contributed by atoms with Gasteiger partial charge in [0.25, 0.3) is 0 Å². The molecular formula is C33H40O8. The maximum absolute atomic E-state index is 13.3. The van der Waals surface area contributed by atoms with Crippen molar-refractivity contribution in [3.05, 3.63) is 64.9 Å². The van der Waals surface area contributed by atoms with Gasteiger partial charge in [0.05, 0.1) is 0 Å².